The van der Waals surface area contributed by atoms with Crippen LogP contribution in [0.5, 0.6) is 11.5 Å². The molecule has 0 bridgehead atoms. The van der Waals surface area contributed by atoms with Crippen molar-refractivity contribution in [1.82, 2.24) is 0 Å². The van der Waals surface area contributed by atoms with Crippen molar-refractivity contribution in [3.63, 3.8) is 0 Å². The first-order chi connectivity index (χ1) is 10.6. The summed E-state index contributed by atoms with van der Waals surface area (Å²) in [5.74, 6) is 1.52. The van der Waals surface area contributed by atoms with Crippen LogP contribution in [0.15, 0.2) is 66.7 Å². The third-order valence-corrected chi connectivity index (χ3v) is 4.12. The molecule has 0 unspecified atom stereocenters. The molecule has 0 atom stereocenters. The monoisotopic (exact) mass is 308 g/mol. The van der Waals surface area contributed by atoms with Gasteiger partial charge in [0.2, 0.25) is 0 Å². The lowest BCUT2D eigenvalue weighted by Gasteiger charge is -2.13. The molecule has 0 saturated carbocycles. The van der Waals surface area contributed by atoms with E-state index in [1.54, 1.807) is 0 Å². The predicted octanol–water partition coefficient (Wildman–Crippen LogP) is 6.42. The Bertz CT molecular complexity index is 794. The molecule has 0 heterocycles. The summed E-state index contributed by atoms with van der Waals surface area (Å²) in [6, 6.07) is 22.3. The Morgan fingerprint density at radius 3 is 2.18 bits per heavy atom. The summed E-state index contributed by atoms with van der Waals surface area (Å²) in [4.78, 5) is 0. The molecule has 22 heavy (non-hydrogen) atoms. The number of ether oxygens (including phenoxy) is 1. The van der Waals surface area contributed by atoms with Crippen LogP contribution in [0.3, 0.4) is 0 Å². The maximum absolute atomic E-state index is 6.38. The van der Waals surface area contributed by atoms with E-state index in [0.29, 0.717) is 5.02 Å². The first-order valence-electron chi connectivity index (χ1n) is 7.24. The zero-order chi connectivity index (χ0) is 15.5. The highest BCUT2D eigenvalue weighted by Gasteiger charge is 2.10. The molecule has 0 fully saturated rings. The van der Waals surface area contributed by atoms with Gasteiger partial charge in [0.25, 0.3) is 0 Å². The average Bonchev–Trinajstić information content (AvgIpc) is 2.56. The molecule has 3 rings (SSSR count). The van der Waals surface area contributed by atoms with Gasteiger partial charge in [0, 0.05) is 0 Å². The molecular formula is C20H17ClO. The number of benzene rings is 3. The van der Waals surface area contributed by atoms with Crippen LogP contribution in [0.2, 0.25) is 5.02 Å². The zero-order valence-corrected chi connectivity index (χ0v) is 13.4. The second-order valence-electron chi connectivity index (χ2n) is 5.34. The maximum atomic E-state index is 6.38. The van der Waals surface area contributed by atoms with Crippen LogP contribution in [0.1, 0.15) is 11.1 Å². The summed E-state index contributed by atoms with van der Waals surface area (Å²) < 4.78 is 6.05. The maximum Gasteiger partial charge on any atom is 0.149 e. The fourth-order valence-corrected chi connectivity index (χ4v) is 2.61. The van der Waals surface area contributed by atoms with E-state index < -0.39 is 0 Å². The van der Waals surface area contributed by atoms with Crippen molar-refractivity contribution in [1.29, 1.82) is 0 Å². The number of hydrogen-bond acceptors (Lipinski definition) is 1. The lowest BCUT2D eigenvalue weighted by molar-refractivity contribution is 0.479. The first kappa shape index (κ1) is 14.7. The summed E-state index contributed by atoms with van der Waals surface area (Å²) in [6.07, 6.45) is 0. The third kappa shape index (κ3) is 3.00. The van der Waals surface area contributed by atoms with Crippen molar-refractivity contribution in [2.75, 3.05) is 0 Å². The molecule has 0 aliphatic heterocycles. The molecule has 3 aromatic carbocycles. The van der Waals surface area contributed by atoms with Gasteiger partial charge in [-0.15, -0.1) is 0 Å². The Balaban J connectivity index is 1.96. The molecule has 1 nitrogen and oxygen atoms in total. The first-order valence-corrected chi connectivity index (χ1v) is 7.62. The Hall–Kier alpha value is -2.25. The predicted molar refractivity (Wildman–Crippen MR) is 92.9 cm³/mol. The SMILES string of the molecule is Cc1ccc(C)c(Oc2cccc(-c3ccccc3)c2)c1Cl. The third-order valence-electron chi connectivity index (χ3n) is 3.65. The Labute approximate surface area is 136 Å². The molecule has 3 aromatic rings. The number of hydrogen-bond donors (Lipinski definition) is 0. The lowest BCUT2D eigenvalue weighted by atomic mass is 10.1. The van der Waals surface area contributed by atoms with Crippen molar-refractivity contribution in [3.8, 4) is 22.6 Å². The van der Waals surface area contributed by atoms with E-state index in [2.05, 4.69) is 18.2 Å². The molecule has 0 N–H and O–H groups in total. The van der Waals surface area contributed by atoms with Crippen LogP contribution in [0.4, 0.5) is 0 Å². The molecule has 0 saturated heterocycles. The summed E-state index contributed by atoms with van der Waals surface area (Å²) in [7, 11) is 0. The normalized spacial score (nSPS) is 10.5. The standard InChI is InChI=1S/C20H17ClO/c1-14-11-12-15(2)20(19(14)21)22-18-10-6-9-17(13-18)16-7-4-3-5-8-16/h3-13H,1-2H3. The molecule has 110 valence electrons. The summed E-state index contributed by atoms with van der Waals surface area (Å²) in [5, 5.41) is 0.671. The molecule has 0 spiro atoms. The summed E-state index contributed by atoms with van der Waals surface area (Å²) >= 11 is 6.38. The van der Waals surface area contributed by atoms with Gasteiger partial charge >= 0.3 is 0 Å². The molecule has 0 amide bonds. The molecule has 0 radical (unpaired) electrons. The summed E-state index contributed by atoms with van der Waals surface area (Å²) in [6.45, 7) is 3.98. The summed E-state index contributed by atoms with van der Waals surface area (Å²) in [5.41, 5.74) is 4.33. The van der Waals surface area contributed by atoms with Gasteiger partial charge in [-0.1, -0.05) is 66.2 Å². The van der Waals surface area contributed by atoms with Crippen molar-refractivity contribution >= 4 is 11.6 Å². The topological polar surface area (TPSA) is 9.23 Å². The molecular weight excluding hydrogens is 292 g/mol. The largest absolute Gasteiger partial charge is 0.455 e. The van der Waals surface area contributed by atoms with Crippen molar-refractivity contribution < 1.29 is 4.74 Å². The van der Waals surface area contributed by atoms with E-state index in [-0.39, 0.29) is 0 Å². The molecule has 2 heteroatoms. The molecule has 0 aliphatic rings. The Morgan fingerprint density at radius 2 is 1.41 bits per heavy atom. The van der Waals surface area contributed by atoms with E-state index in [1.807, 2.05) is 62.4 Å². The number of halogens is 1. The number of aryl methyl sites for hydroxylation is 2. The van der Waals surface area contributed by atoms with Crippen LogP contribution >= 0.6 is 11.6 Å². The van der Waals surface area contributed by atoms with E-state index in [0.717, 1.165) is 28.2 Å². The molecule has 0 aromatic heterocycles. The van der Waals surface area contributed by atoms with E-state index in [4.69, 9.17) is 16.3 Å². The fraction of sp³-hybridized carbons (Fsp3) is 0.100. The fourth-order valence-electron chi connectivity index (χ4n) is 2.36. The van der Waals surface area contributed by atoms with Crippen molar-refractivity contribution in [3.05, 3.63) is 82.9 Å². The average molecular weight is 309 g/mol. The minimum Gasteiger partial charge on any atom is -0.455 e. The van der Waals surface area contributed by atoms with Gasteiger partial charge in [-0.3, -0.25) is 0 Å². The van der Waals surface area contributed by atoms with Crippen LogP contribution in [0, 0.1) is 13.8 Å². The number of rotatable bonds is 3. The van der Waals surface area contributed by atoms with Gasteiger partial charge in [-0.25, -0.2) is 0 Å². The highest BCUT2D eigenvalue weighted by molar-refractivity contribution is 6.33. The van der Waals surface area contributed by atoms with Gasteiger partial charge in [0.1, 0.15) is 11.5 Å². The van der Waals surface area contributed by atoms with E-state index in [1.165, 1.54) is 5.56 Å². The highest BCUT2D eigenvalue weighted by Crippen LogP contribution is 2.36. The van der Waals surface area contributed by atoms with Crippen molar-refractivity contribution in [2.24, 2.45) is 0 Å². The van der Waals surface area contributed by atoms with Gasteiger partial charge < -0.3 is 4.74 Å². The highest BCUT2D eigenvalue weighted by atomic mass is 35.5. The Morgan fingerprint density at radius 1 is 0.727 bits per heavy atom. The van der Waals surface area contributed by atoms with Gasteiger partial charge in [-0.2, -0.15) is 0 Å². The van der Waals surface area contributed by atoms with E-state index in [9.17, 15) is 0 Å². The van der Waals surface area contributed by atoms with Gasteiger partial charge in [0.15, 0.2) is 0 Å². The van der Waals surface area contributed by atoms with Crippen LogP contribution in [-0.2, 0) is 0 Å². The quantitative estimate of drug-likeness (QED) is 0.542. The minimum atomic E-state index is 0.671. The molecule has 0 aliphatic carbocycles. The van der Waals surface area contributed by atoms with Gasteiger partial charge in [-0.05, 0) is 48.2 Å². The van der Waals surface area contributed by atoms with E-state index >= 15 is 0 Å². The van der Waals surface area contributed by atoms with Crippen LogP contribution in [-0.4, -0.2) is 0 Å². The minimum absolute atomic E-state index is 0.671. The van der Waals surface area contributed by atoms with Gasteiger partial charge in [0.05, 0.1) is 5.02 Å². The van der Waals surface area contributed by atoms with Crippen LogP contribution < -0.4 is 4.74 Å². The van der Waals surface area contributed by atoms with Crippen LogP contribution in [0.25, 0.3) is 11.1 Å². The lowest BCUT2D eigenvalue weighted by Crippen LogP contribution is -1.91. The second kappa shape index (κ2) is 6.25. The Kier molecular flexibility index (Phi) is 4.17. The smallest absolute Gasteiger partial charge is 0.149 e. The second-order valence-corrected chi connectivity index (χ2v) is 5.72. The van der Waals surface area contributed by atoms with Crippen molar-refractivity contribution in [2.45, 2.75) is 13.8 Å². The zero-order valence-electron chi connectivity index (χ0n) is 12.6.